The van der Waals surface area contributed by atoms with E-state index in [4.69, 9.17) is 11.6 Å². The summed E-state index contributed by atoms with van der Waals surface area (Å²) in [6.45, 7) is 0. The van der Waals surface area contributed by atoms with Crippen LogP contribution in [0.15, 0.2) is 79.7 Å². The molecule has 0 amide bonds. The van der Waals surface area contributed by atoms with E-state index < -0.39 is 0 Å². The van der Waals surface area contributed by atoms with Gasteiger partial charge in [-0.25, -0.2) is 4.79 Å². The third-order valence-corrected chi connectivity index (χ3v) is 5.76. The third-order valence-electron chi connectivity index (χ3n) is 4.98. The topological polar surface area (TPSA) is 56.4 Å². The Bertz CT molecular complexity index is 1400. The molecule has 0 radical (unpaired) electrons. The van der Waals surface area contributed by atoms with Crippen LogP contribution in [0.1, 0.15) is 5.56 Å². The summed E-state index contributed by atoms with van der Waals surface area (Å²) in [4.78, 5) is 30.1. The standard InChI is InChI=1S/C23H17BrClN3O2/c1-27-19-12-5-15(13-26-18-10-6-16(24)7-11-18)20(14-3-8-17(25)9-4-14)21(19)22(29)28(2)23(27)30/h3-13H,1-2H3. The average molecular weight is 483 g/mol. The largest absolute Gasteiger partial charge is 0.330 e. The van der Waals surface area contributed by atoms with E-state index in [1.807, 2.05) is 42.5 Å². The number of nitrogens with zero attached hydrogens (tertiary/aromatic N) is 3. The second-order valence-corrected chi connectivity index (χ2v) is 8.22. The van der Waals surface area contributed by atoms with Gasteiger partial charge in [0.15, 0.2) is 0 Å². The van der Waals surface area contributed by atoms with E-state index in [1.54, 1.807) is 31.5 Å². The molecule has 5 nitrogen and oxygen atoms in total. The molecule has 0 saturated heterocycles. The highest BCUT2D eigenvalue weighted by Crippen LogP contribution is 2.30. The molecule has 0 unspecified atom stereocenters. The summed E-state index contributed by atoms with van der Waals surface area (Å²) in [6, 6.07) is 18.5. The van der Waals surface area contributed by atoms with Crippen LogP contribution in [0.2, 0.25) is 5.02 Å². The van der Waals surface area contributed by atoms with Gasteiger partial charge in [0.05, 0.1) is 16.6 Å². The summed E-state index contributed by atoms with van der Waals surface area (Å²) in [7, 11) is 3.14. The lowest BCUT2D eigenvalue weighted by atomic mass is 9.96. The van der Waals surface area contributed by atoms with Crippen molar-refractivity contribution in [1.29, 1.82) is 0 Å². The molecule has 1 aromatic heterocycles. The summed E-state index contributed by atoms with van der Waals surface area (Å²) in [5.74, 6) is 0. The first kappa shape index (κ1) is 20.3. The van der Waals surface area contributed by atoms with Crippen molar-refractivity contribution in [2.75, 3.05) is 0 Å². The highest BCUT2D eigenvalue weighted by Gasteiger charge is 2.16. The number of hydrogen-bond acceptors (Lipinski definition) is 3. The Morgan fingerprint density at radius 3 is 2.23 bits per heavy atom. The van der Waals surface area contributed by atoms with Gasteiger partial charge >= 0.3 is 5.69 Å². The average Bonchev–Trinajstić information content (AvgIpc) is 2.76. The van der Waals surface area contributed by atoms with Gasteiger partial charge in [0, 0.05) is 40.9 Å². The minimum atomic E-state index is -0.370. The van der Waals surface area contributed by atoms with Crippen molar-refractivity contribution in [3.05, 3.63) is 96.6 Å². The van der Waals surface area contributed by atoms with E-state index in [-0.39, 0.29) is 11.2 Å². The molecule has 3 aromatic carbocycles. The fraction of sp³-hybridized carbons (Fsp3) is 0.0870. The van der Waals surface area contributed by atoms with Crippen LogP contribution in [0.25, 0.3) is 22.0 Å². The molecule has 0 aliphatic rings. The first-order chi connectivity index (χ1) is 14.4. The third kappa shape index (κ3) is 3.64. The van der Waals surface area contributed by atoms with Gasteiger partial charge in [-0.2, -0.15) is 0 Å². The minimum absolute atomic E-state index is 0.350. The van der Waals surface area contributed by atoms with E-state index in [0.29, 0.717) is 21.5 Å². The van der Waals surface area contributed by atoms with Crippen LogP contribution >= 0.6 is 27.5 Å². The Hall–Kier alpha value is -2.96. The van der Waals surface area contributed by atoms with Crippen molar-refractivity contribution in [2.24, 2.45) is 19.1 Å². The molecular formula is C23H17BrClN3O2. The molecule has 7 heteroatoms. The Labute approximate surface area is 186 Å². The molecular weight excluding hydrogens is 466 g/mol. The van der Waals surface area contributed by atoms with Gasteiger partial charge in [0.2, 0.25) is 0 Å². The zero-order valence-corrected chi connectivity index (χ0v) is 18.6. The minimum Gasteiger partial charge on any atom is -0.296 e. The van der Waals surface area contributed by atoms with Crippen LogP contribution in [0.5, 0.6) is 0 Å². The molecule has 0 aliphatic heterocycles. The van der Waals surface area contributed by atoms with Crippen LogP contribution in [0.3, 0.4) is 0 Å². The van der Waals surface area contributed by atoms with Crippen molar-refractivity contribution >= 4 is 50.3 Å². The summed E-state index contributed by atoms with van der Waals surface area (Å²) >= 11 is 9.49. The van der Waals surface area contributed by atoms with E-state index in [9.17, 15) is 9.59 Å². The van der Waals surface area contributed by atoms with E-state index in [0.717, 1.165) is 25.9 Å². The van der Waals surface area contributed by atoms with Crippen molar-refractivity contribution in [3.63, 3.8) is 0 Å². The smallest absolute Gasteiger partial charge is 0.296 e. The predicted molar refractivity (Wildman–Crippen MR) is 126 cm³/mol. The van der Waals surface area contributed by atoms with Gasteiger partial charge in [-0.3, -0.25) is 18.9 Å². The number of hydrogen-bond donors (Lipinski definition) is 0. The normalized spacial score (nSPS) is 11.5. The van der Waals surface area contributed by atoms with Gasteiger partial charge in [0.1, 0.15) is 0 Å². The van der Waals surface area contributed by atoms with Gasteiger partial charge in [0.25, 0.3) is 5.56 Å². The molecule has 30 heavy (non-hydrogen) atoms. The lowest BCUT2D eigenvalue weighted by molar-refractivity contribution is 0.714. The first-order valence-electron chi connectivity index (χ1n) is 9.15. The zero-order chi connectivity index (χ0) is 21.4. The van der Waals surface area contributed by atoms with E-state index in [2.05, 4.69) is 20.9 Å². The molecule has 4 rings (SSSR count). The summed E-state index contributed by atoms with van der Waals surface area (Å²) in [5.41, 5.74) is 2.92. The Morgan fingerprint density at radius 2 is 1.57 bits per heavy atom. The lowest BCUT2D eigenvalue weighted by Crippen LogP contribution is -2.37. The predicted octanol–water partition coefficient (Wildman–Crippen LogP) is 5.07. The molecule has 0 spiro atoms. The maximum atomic E-state index is 13.1. The van der Waals surface area contributed by atoms with Crippen LogP contribution in [0.4, 0.5) is 5.69 Å². The number of fused-ring (bicyclic) bond motifs is 1. The van der Waals surface area contributed by atoms with Crippen molar-refractivity contribution in [3.8, 4) is 11.1 Å². The highest BCUT2D eigenvalue weighted by molar-refractivity contribution is 9.10. The fourth-order valence-corrected chi connectivity index (χ4v) is 3.78. The fourth-order valence-electron chi connectivity index (χ4n) is 3.39. The number of aliphatic imine (C=N–C) groups is 1. The number of rotatable bonds is 3. The maximum absolute atomic E-state index is 13.1. The van der Waals surface area contributed by atoms with Gasteiger partial charge in [-0.1, -0.05) is 45.7 Å². The van der Waals surface area contributed by atoms with Crippen LogP contribution in [-0.2, 0) is 14.1 Å². The second-order valence-electron chi connectivity index (χ2n) is 6.87. The van der Waals surface area contributed by atoms with Crippen molar-refractivity contribution in [1.82, 2.24) is 9.13 Å². The molecule has 0 N–H and O–H groups in total. The van der Waals surface area contributed by atoms with Crippen molar-refractivity contribution < 1.29 is 0 Å². The van der Waals surface area contributed by atoms with Crippen LogP contribution in [0, 0.1) is 0 Å². The maximum Gasteiger partial charge on any atom is 0.330 e. The van der Waals surface area contributed by atoms with Gasteiger partial charge in [-0.15, -0.1) is 0 Å². The summed E-state index contributed by atoms with van der Waals surface area (Å²) < 4.78 is 3.57. The number of benzene rings is 3. The molecule has 0 aliphatic carbocycles. The van der Waals surface area contributed by atoms with E-state index in [1.165, 1.54) is 11.6 Å². The highest BCUT2D eigenvalue weighted by atomic mass is 79.9. The number of aryl methyl sites for hydroxylation is 1. The summed E-state index contributed by atoms with van der Waals surface area (Å²) in [6.07, 6.45) is 1.73. The Balaban J connectivity index is 2.04. The van der Waals surface area contributed by atoms with E-state index >= 15 is 0 Å². The van der Waals surface area contributed by atoms with Crippen LogP contribution < -0.4 is 11.2 Å². The quantitative estimate of drug-likeness (QED) is 0.383. The molecule has 0 fully saturated rings. The molecule has 150 valence electrons. The molecule has 1 heterocycles. The SMILES string of the molecule is Cn1c(=O)c2c(-c3ccc(Cl)cc3)c(C=Nc3ccc(Br)cc3)ccc2n(C)c1=O. The number of aromatic nitrogens is 2. The van der Waals surface area contributed by atoms with Crippen LogP contribution in [-0.4, -0.2) is 15.3 Å². The molecule has 0 bridgehead atoms. The molecule has 0 saturated carbocycles. The molecule has 4 aromatic rings. The zero-order valence-electron chi connectivity index (χ0n) is 16.3. The van der Waals surface area contributed by atoms with Gasteiger partial charge in [-0.05, 0) is 48.0 Å². The molecule has 0 atom stereocenters. The Kier molecular flexibility index (Phi) is 5.45. The second kappa shape index (κ2) is 8.05. The lowest BCUT2D eigenvalue weighted by Gasteiger charge is -2.14. The van der Waals surface area contributed by atoms with Gasteiger partial charge < -0.3 is 0 Å². The summed E-state index contributed by atoms with van der Waals surface area (Å²) in [5, 5.41) is 1.06. The first-order valence-corrected chi connectivity index (χ1v) is 10.3. The Morgan fingerprint density at radius 1 is 0.900 bits per heavy atom. The number of halogens is 2. The van der Waals surface area contributed by atoms with Crippen molar-refractivity contribution in [2.45, 2.75) is 0 Å². The monoisotopic (exact) mass is 481 g/mol.